The summed E-state index contributed by atoms with van der Waals surface area (Å²) in [5, 5.41) is 4.14. The van der Waals surface area contributed by atoms with Gasteiger partial charge in [-0.3, -0.25) is 9.67 Å². The second kappa shape index (κ2) is 4.47. The zero-order valence-corrected chi connectivity index (χ0v) is 8.97. The van der Waals surface area contributed by atoms with Crippen molar-refractivity contribution in [3.8, 4) is 0 Å². The Morgan fingerprint density at radius 1 is 1.44 bits per heavy atom. The second-order valence-corrected chi connectivity index (χ2v) is 3.58. The van der Waals surface area contributed by atoms with Gasteiger partial charge >= 0.3 is 0 Å². The quantitative estimate of drug-likeness (QED) is 0.720. The molecule has 2 rings (SSSR count). The predicted octanol–water partition coefficient (Wildman–Crippen LogP) is 1.21. The van der Waals surface area contributed by atoms with E-state index in [-0.39, 0.29) is 11.9 Å². The maximum Gasteiger partial charge on any atom is 0.141 e. The van der Waals surface area contributed by atoms with Gasteiger partial charge in [-0.25, -0.2) is 4.39 Å². The fourth-order valence-electron chi connectivity index (χ4n) is 1.64. The highest BCUT2D eigenvalue weighted by atomic mass is 19.1. The Hall–Kier alpha value is -1.65. The van der Waals surface area contributed by atoms with Gasteiger partial charge in [-0.15, -0.1) is 0 Å². The Labute approximate surface area is 94.7 Å². The summed E-state index contributed by atoms with van der Waals surface area (Å²) in [5.41, 5.74) is 1.40. The molecular weight excluding hydrogens is 204 g/mol. The number of nitrogens with zero attached hydrogens (tertiary/aromatic N) is 3. The third kappa shape index (κ3) is 2.13. The van der Waals surface area contributed by atoms with Crippen LogP contribution in [-0.4, -0.2) is 22.6 Å². The maximum atomic E-state index is 12.8. The number of pyridine rings is 1. The zero-order chi connectivity index (χ0) is 11.5. The summed E-state index contributed by atoms with van der Waals surface area (Å²) in [7, 11) is 5.61. The van der Waals surface area contributed by atoms with Gasteiger partial charge in [-0.2, -0.15) is 5.10 Å². The number of aromatic nitrogens is 3. The average Bonchev–Trinajstić information content (AvgIpc) is 2.69. The van der Waals surface area contributed by atoms with Crippen LogP contribution in [0.3, 0.4) is 0 Å². The van der Waals surface area contributed by atoms with Crippen molar-refractivity contribution in [3.63, 3.8) is 0 Å². The Bertz CT molecular complexity index is 466. The lowest BCUT2D eigenvalue weighted by atomic mass is 10.0. The average molecular weight is 215 g/mol. The van der Waals surface area contributed by atoms with Gasteiger partial charge in [-0.05, 0) is 18.6 Å². The van der Waals surface area contributed by atoms with E-state index in [0.717, 1.165) is 12.1 Å². The summed E-state index contributed by atoms with van der Waals surface area (Å²) in [5.74, 6) is -0.335. The van der Waals surface area contributed by atoms with Crippen LogP contribution in [0.4, 0.5) is 4.39 Å². The van der Waals surface area contributed by atoms with E-state index in [1.807, 2.05) is 6.92 Å². The van der Waals surface area contributed by atoms with E-state index >= 15 is 0 Å². The molecule has 2 aromatic rings. The van der Waals surface area contributed by atoms with Crippen LogP contribution in [0.25, 0.3) is 0 Å². The summed E-state index contributed by atoms with van der Waals surface area (Å²) >= 11 is 0. The molecule has 0 aliphatic carbocycles. The zero-order valence-electron chi connectivity index (χ0n) is 8.97. The van der Waals surface area contributed by atoms with Gasteiger partial charge in [0.15, 0.2) is 0 Å². The summed E-state index contributed by atoms with van der Waals surface area (Å²) in [4.78, 5) is 4.06. The van der Waals surface area contributed by atoms with Crippen LogP contribution < -0.4 is 5.46 Å². The molecule has 1 unspecified atom stereocenters. The molecule has 0 aliphatic rings. The van der Waals surface area contributed by atoms with E-state index < -0.39 is 0 Å². The molecule has 16 heavy (non-hydrogen) atoms. The van der Waals surface area contributed by atoms with Crippen molar-refractivity contribution in [2.75, 3.05) is 0 Å². The highest BCUT2D eigenvalue weighted by Gasteiger charge is 2.13. The van der Waals surface area contributed by atoms with Crippen LogP contribution in [0.1, 0.15) is 25.1 Å². The SMILES string of the molecule is [B]c1cnn(C(CC)c2ccc(F)cn2)c1. The summed E-state index contributed by atoms with van der Waals surface area (Å²) in [6.07, 6.45) is 5.37. The van der Waals surface area contributed by atoms with E-state index in [2.05, 4.69) is 10.1 Å². The van der Waals surface area contributed by atoms with Gasteiger partial charge in [0.05, 0.1) is 17.9 Å². The van der Waals surface area contributed by atoms with Crippen molar-refractivity contribution >= 4 is 13.3 Å². The Morgan fingerprint density at radius 3 is 2.75 bits per heavy atom. The van der Waals surface area contributed by atoms with Crippen LogP contribution >= 0.6 is 0 Å². The van der Waals surface area contributed by atoms with Crippen LogP contribution in [0.5, 0.6) is 0 Å². The highest BCUT2D eigenvalue weighted by Crippen LogP contribution is 2.18. The molecule has 0 aliphatic heterocycles. The molecule has 2 radical (unpaired) electrons. The second-order valence-electron chi connectivity index (χ2n) is 3.58. The van der Waals surface area contributed by atoms with Gasteiger partial charge in [-0.1, -0.05) is 12.4 Å². The molecule has 3 nitrogen and oxygen atoms in total. The lowest BCUT2D eigenvalue weighted by Crippen LogP contribution is -2.12. The Morgan fingerprint density at radius 2 is 2.25 bits per heavy atom. The number of hydrogen-bond donors (Lipinski definition) is 0. The minimum Gasteiger partial charge on any atom is -0.264 e. The van der Waals surface area contributed by atoms with E-state index in [4.69, 9.17) is 7.85 Å². The lowest BCUT2D eigenvalue weighted by molar-refractivity contribution is 0.495. The monoisotopic (exact) mass is 215 g/mol. The molecule has 80 valence electrons. The van der Waals surface area contributed by atoms with Crippen molar-refractivity contribution in [3.05, 3.63) is 42.2 Å². The summed E-state index contributed by atoms with van der Waals surface area (Å²) < 4.78 is 14.5. The molecular formula is C11H11BFN3. The molecule has 5 heteroatoms. The first-order chi connectivity index (χ1) is 7.70. The number of halogens is 1. The molecule has 0 spiro atoms. The third-order valence-corrected chi connectivity index (χ3v) is 2.42. The highest BCUT2D eigenvalue weighted by molar-refractivity contribution is 6.31. The van der Waals surface area contributed by atoms with Crippen LogP contribution in [0.2, 0.25) is 0 Å². The van der Waals surface area contributed by atoms with E-state index in [9.17, 15) is 4.39 Å². The first-order valence-electron chi connectivity index (χ1n) is 5.11. The summed E-state index contributed by atoms with van der Waals surface area (Å²) in [6, 6.07) is 3.07. The molecule has 0 saturated carbocycles. The van der Waals surface area contributed by atoms with E-state index in [0.29, 0.717) is 5.46 Å². The Balaban J connectivity index is 2.32. The number of rotatable bonds is 3. The summed E-state index contributed by atoms with van der Waals surface area (Å²) in [6.45, 7) is 2.02. The van der Waals surface area contributed by atoms with Gasteiger partial charge in [0, 0.05) is 12.4 Å². The van der Waals surface area contributed by atoms with Gasteiger partial charge in [0.1, 0.15) is 13.7 Å². The molecule has 0 fully saturated rings. The first-order valence-corrected chi connectivity index (χ1v) is 5.11. The molecule has 0 aromatic carbocycles. The third-order valence-electron chi connectivity index (χ3n) is 2.42. The first kappa shape index (κ1) is 10.9. The molecule has 0 saturated heterocycles. The molecule has 0 N–H and O–H groups in total. The van der Waals surface area contributed by atoms with Gasteiger partial charge in [0.2, 0.25) is 0 Å². The molecule has 1 atom stereocenters. The number of hydrogen-bond acceptors (Lipinski definition) is 2. The van der Waals surface area contributed by atoms with Crippen molar-refractivity contribution in [1.82, 2.24) is 14.8 Å². The minimum absolute atomic E-state index is 0.00194. The van der Waals surface area contributed by atoms with Crippen LogP contribution in [0.15, 0.2) is 30.7 Å². The smallest absolute Gasteiger partial charge is 0.141 e. The fourth-order valence-corrected chi connectivity index (χ4v) is 1.64. The molecule has 0 amide bonds. The van der Waals surface area contributed by atoms with Crippen molar-refractivity contribution in [2.24, 2.45) is 0 Å². The normalized spacial score (nSPS) is 12.6. The van der Waals surface area contributed by atoms with Gasteiger partial charge in [0.25, 0.3) is 0 Å². The van der Waals surface area contributed by atoms with Crippen LogP contribution in [0, 0.1) is 5.82 Å². The van der Waals surface area contributed by atoms with Crippen LogP contribution in [-0.2, 0) is 0 Å². The van der Waals surface area contributed by atoms with E-state index in [1.54, 1.807) is 23.1 Å². The van der Waals surface area contributed by atoms with Crippen molar-refractivity contribution in [2.45, 2.75) is 19.4 Å². The van der Waals surface area contributed by atoms with Gasteiger partial charge < -0.3 is 0 Å². The topological polar surface area (TPSA) is 30.7 Å². The Kier molecular flexibility index (Phi) is 3.03. The molecule has 0 bridgehead atoms. The molecule has 2 aromatic heterocycles. The van der Waals surface area contributed by atoms with E-state index in [1.165, 1.54) is 12.3 Å². The van der Waals surface area contributed by atoms with Crippen molar-refractivity contribution < 1.29 is 4.39 Å². The minimum atomic E-state index is -0.335. The lowest BCUT2D eigenvalue weighted by Gasteiger charge is -2.14. The van der Waals surface area contributed by atoms with Crippen molar-refractivity contribution in [1.29, 1.82) is 0 Å². The fraction of sp³-hybridized carbons (Fsp3) is 0.273. The standard InChI is InChI=1S/C11H11BFN3/c1-2-11(16-7-8(12)5-15-16)10-4-3-9(13)6-14-10/h3-7,11H,2H2,1H3. The maximum absolute atomic E-state index is 12.8. The largest absolute Gasteiger partial charge is 0.264 e. The molecule has 2 heterocycles. The predicted molar refractivity (Wildman–Crippen MR) is 60.2 cm³/mol.